The summed E-state index contributed by atoms with van der Waals surface area (Å²) in [4.78, 5) is 19.7. The van der Waals surface area contributed by atoms with Crippen LogP contribution in [-0.2, 0) is 0 Å². The first-order valence-corrected chi connectivity index (χ1v) is 5.44. The summed E-state index contributed by atoms with van der Waals surface area (Å²) in [5, 5.41) is 24.3. The van der Waals surface area contributed by atoms with Gasteiger partial charge in [-0.2, -0.15) is 0 Å². The molecule has 0 unspecified atom stereocenters. The molecule has 100 valence electrons. The first-order chi connectivity index (χ1) is 8.90. The van der Waals surface area contributed by atoms with Crippen LogP contribution in [0.1, 0.15) is 0 Å². The molecule has 0 amide bonds. The standard InChI is InChI=1S/C11H10ClN3O4/c1-8(7-14(16)17)11(15(18)19)6-13-10-4-2-9(12)3-5-10/h2-6,13H,1,7H2/b11-6+. The van der Waals surface area contributed by atoms with Gasteiger partial charge in [-0.3, -0.25) is 20.2 Å². The summed E-state index contributed by atoms with van der Waals surface area (Å²) in [5.41, 5.74) is -0.0548. The number of rotatable bonds is 6. The molecule has 7 nitrogen and oxygen atoms in total. The Morgan fingerprint density at radius 2 is 1.89 bits per heavy atom. The number of hydrogen-bond acceptors (Lipinski definition) is 5. The molecule has 19 heavy (non-hydrogen) atoms. The molecule has 1 N–H and O–H groups in total. The summed E-state index contributed by atoms with van der Waals surface area (Å²) < 4.78 is 0. The Labute approximate surface area is 113 Å². The Morgan fingerprint density at radius 3 is 2.37 bits per heavy atom. The molecule has 0 saturated carbocycles. The van der Waals surface area contributed by atoms with Gasteiger partial charge in [0.25, 0.3) is 5.70 Å². The summed E-state index contributed by atoms with van der Waals surface area (Å²) >= 11 is 5.69. The first kappa shape index (κ1) is 14.7. The van der Waals surface area contributed by atoms with Gasteiger partial charge in [0.05, 0.1) is 16.7 Å². The van der Waals surface area contributed by atoms with Crippen LogP contribution in [0.4, 0.5) is 5.69 Å². The van der Waals surface area contributed by atoms with Crippen LogP contribution in [0.25, 0.3) is 0 Å². The van der Waals surface area contributed by atoms with Crippen LogP contribution in [-0.4, -0.2) is 16.4 Å². The molecule has 1 rings (SSSR count). The van der Waals surface area contributed by atoms with E-state index < -0.39 is 22.1 Å². The molecule has 0 saturated heterocycles. The van der Waals surface area contributed by atoms with Gasteiger partial charge in [0.15, 0.2) is 0 Å². The lowest BCUT2D eigenvalue weighted by atomic mass is 10.2. The number of anilines is 1. The minimum absolute atomic E-state index is 0.184. The molecule has 0 bridgehead atoms. The Bertz CT molecular complexity index is 539. The highest BCUT2D eigenvalue weighted by Gasteiger charge is 2.19. The predicted molar refractivity (Wildman–Crippen MR) is 71.2 cm³/mol. The molecule has 0 aliphatic rings. The van der Waals surface area contributed by atoms with E-state index in [1.54, 1.807) is 24.3 Å². The van der Waals surface area contributed by atoms with Crippen LogP contribution in [0.3, 0.4) is 0 Å². The van der Waals surface area contributed by atoms with Crippen LogP contribution >= 0.6 is 11.6 Å². The summed E-state index contributed by atoms with van der Waals surface area (Å²) in [6.45, 7) is 2.64. The second kappa shape index (κ2) is 6.50. The fraction of sp³-hybridized carbons (Fsp3) is 0.0909. The molecule has 0 aromatic heterocycles. The molecule has 0 heterocycles. The molecule has 0 aliphatic heterocycles. The van der Waals surface area contributed by atoms with Gasteiger partial charge in [0.2, 0.25) is 6.54 Å². The van der Waals surface area contributed by atoms with Crippen molar-refractivity contribution in [2.45, 2.75) is 0 Å². The molecule has 0 atom stereocenters. The average molecular weight is 284 g/mol. The van der Waals surface area contributed by atoms with Crippen molar-refractivity contribution in [3.8, 4) is 0 Å². The maximum absolute atomic E-state index is 10.8. The smallest absolute Gasteiger partial charge is 0.294 e. The monoisotopic (exact) mass is 283 g/mol. The molecule has 1 aromatic rings. The zero-order valence-electron chi connectivity index (χ0n) is 9.71. The lowest BCUT2D eigenvalue weighted by Crippen LogP contribution is -2.11. The number of benzene rings is 1. The zero-order valence-corrected chi connectivity index (χ0v) is 10.5. The highest BCUT2D eigenvalue weighted by atomic mass is 35.5. The highest BCUT2D eigenvalue weighted by Crippen LogP contribution is 2.15. The van der Waals surface area contributed by atoms with E-state index in [1.807, 2.05) is 0 Å². The number of halogens is 1. The predicted octanol–water partition coefficient (Wildman–Crippen LogP) is 2.70. The molecule has 0 radical (unpaired) electrons. The van der Waals surface area contributed by atoms with Crippen molar-refractivity contribution in [2.75, 3.05) is 11.9 Å². The van der Waals surface area contributed by atoms with E-state index in [-0.39, 0.29) is 5.57 Å². The molecule has 0 aliphatic carbocycles. The minimum Gasteiger partial charge on any atom is -0.356 e. The van der Waals surface area contributed by atoms with Gasteiger partial charge in [-0.25, -0.2) is 0 Å². The molecule has 1 aromatic carbocycles. The van der Waals surface area contributed by atoms with Crippen molar-refractivity contribution in [3.63, 3.8) is 0 Å². The summed E-state index contributed by atoms with van der Waals surface area (Å²) in [7, 11) is 0. The fourth-order valence-corrected chi connectivity index (χ4v) is 1.34. The van der Waals surface area contributed by atoms with Gasteiger partial charge in [-0.15, -0.1) is 0 Å². The molecule has 8 heteroatoms. The quantitative estimate of drug-likeness (QED) is 0.491. The van der Waals surface area contributed by atoms with Crippen molar-refractivity contribution < 1.29 is 9.85 Å². The van der Waals surface area contributed by atoms with E-state index in [4.69, 9.17) is 11.6 Å². The summed E-state index contributed by atoms with van der Waals surface area (Å²) in [5.74, 6) is 0. The van der Waals surface area contributed by atoms with Gasteiger partial charge < -0.3 is 5.32 Å². The van der Waals surface area contributed by atoms with Crippen molar-refractivity contribution in [1.29, 1.82) is 0 Å². The fourth-order valence-electron chi connectivity index (χ4n) is 1.22. The largest absolute Gasteiger partial charge is 0.356 e. The second-order valence-corrected chi connectivity index (χ2v) is 3.97. The van der Waals surface area contributed by atoms with Gasteiger partial charge in [-0.1, -0.05) is 18.2 Å². The van der Waals surface area contributed by atoms with Crippen molar-refractivity contribution >= 4 is 17.3 Å². The summed E-state index contributed by atoms with van der Waals surface area (Å²) in [6.07, 6.45) is 1.06. The SMILES string of the molecule is C=C(C[N+](=O)[O-])/C(=C\Nc1ccc(Cl)cc1)[N+](=O)[O-]. The third-order valence-corrected chi connectivity index (χ3v) is 2.35. The molecule has 0 spiro atoms. The maximum Gasteiger partial charge on any atom is 0.294 e. The Morgan fingerprint density at radius 1 is 1.32 bits per heavy atom. The number of nitrogens with one attached hydrogen (secondary N) is 1. The van der Waals surface area contributed by atoms with Crippen molar-refractivity contribution in [1.82, 2.24) is 0 Å². The van der Waals surface area contributed by atoms with E-state index in [0.29, 0.717) is 10.7 Å². The topological polar surface area (TPSA) is 98.3 Å². The van der Waals surface area contributed by atoms with Gasteiger partial charge in [0.1, 0.15) is 0 Å². The van der Waals surface area contributed by atoms with E-state index in [9.17, 15) is 20.2 Å². The van der Waals surface area contributed by atoms with E-state index >= 15 is 0 Å². The summed E-state index contributed by atoms with van der Waals surface area (Å²) in [6, 6.07) is 6.45. The van der Waals surface area contributed by atoms with Crippen molar-refractivity contribution in [3.05, 3.63) is 73.6 Å². The average Bonchev–Trinajstić information content (AvgIpc) is 2.30. The minimum atomic E-state index is -0.727. The van der Waals surface area contributed by atoms with Crippen molar-refractivity contribution in [2.24, 2.45) is 0 Å². The third-order valence-electron chi connectivity index (χ3n) is 2.10. The Balaban J connectivity index is 2.84. The molecular weight excluding hydrogens is 274 g/mol. The molecular formula is C11H10ClN3O4. The number of hydrogen-bond donors (Lipinski definition) is 1. The van der Waals surface area contributed by atoms with Gasteiger partial charge in [-0.05, 0) is 24.3 Å². The number of nitrogens with zero attached hydrogens (tertiary/aromatic N) is 2. The maximum atomic E-state index is 10.8. The van der Waals surface area contributed by atoms with Crippen LogP contribution < -0.4 is 5.32 Å². The lowest BCUT2D eigenvalue weighted by Gasteiger charge is -2.02. The van der Waals surface area contributed by atoms with Crippen LogP contribution in [0.15, 0.2) is 48.3 Å². The van der Waals surface area contributed by atoms with E-state index in [1.165, 1.54) is 0 Å². The van der Waals surface area contributed by atoms with Gasteiger partial charge in [0, 0.05) is 15.6 Å². The van der Waals surface area contributed by atoms with Crippen LogP contribution in [0, 0.1) is 20.2 Å². The highest BCUT2D eigenvalue weighted by molar-refractivity contribution is 6.30. The Hall–Kier alpha value is -2.41. The van der Waals surface area contributed by atoms with E-state index in [0.717, 1.165) is 6.20 Å². The number of nitro groups is 2. The normalized spacial score (nSPS) is 10.9. The second-order valence-electron chi connectivity index (χ2n) is 3.53. The van der Waals surface area contributed by atoms with Crippen LogP contribution in [0.2, 0.25) is 5.02 Å². The lowest BCUT2D eigenvalue weighted by molar-refractivity contribution is -0.477. The van der Waals surface area contributed by atoms with Crippen LogP contribution in [0.5, 0.6) is 0 Å². The van der Waals surface area contributed by atoms with Gasteiger partial charge >= 0.3 is 0 Å². The third kappa shape index (κ3) is 4.76. The zero-order chi connectivity index (χ0) is 14.4. The molecule has 0 fully saturated rings. The Kier molecular flexibility index (Phi) is 5.01. The first-order valence-electron chi connectivity index (χ1n) is 5.06. The van der Waals surface area contributed by atoms with E-state index in [2.05, 4.69) is 11.9 Å².